The first kappa shape index (κ1) is 16.2. The molecule has 0 bridgehead atoms. The van der Waals surface area contributed by atoms with Crippen molar-refractivity contribution in [3.05, 3.63) is 65.5 Å². The first-order valence-electron chi connectivity index (χ1n) is 7.69. The number of imide groups is 1. The van der Waals surface area contributed by atoms with Crippen molar-refractivity contribution in [2.75, 3.05) is 4.90 Å². The molecule has 0 unspecified atom stereocenters. The Kier molecular flexibility index (Phi) is 3.87. The number of benzene rings is 2. The monoisotopic (exact) mass is 327 g/mol. The predicted molar refractivity (Wildman–Crippen MR) is 88.4 cm³/mol. The minimum atomic E-state index is -0.708. The van der Waals surface area contributed by atoms with E-state index in [9.17, 15) is 14.0 Å². The third kappa shape index (κ3) is 2.89. The van der Waals surface area contributed by atoms with Gasteiger partial charge in [0.25, 0.3) is 0 Å². The van der Waals surface area contributed by atoms with E-state index in [4.69, 9.17) is 4.74 Å². The van der Waals surface area contributed by atoms with Crippen molar-refractivity contribution in [2.45, 2.75) is 32.3 Å². The topological polar surface area (TPSA) is 46.6 Å². The number of anilines is 1. The second-order valence-corrected chi connectivity index (χ2v) is 6.70. The van der Waals surface area contributed by atoms with E-state index in [1.165, 1.54) is 12.1 Å². The maximum atomic E-state index is 13.2. The fraction of sp³-hybridized carbons (Fsp3) is 0.263. The molecule has 2 aromatic carbocycles. The highest BCUT2D eigenvalue weighted by Crippen LogP contribution is 2.41. The van der Waals surface area contributed by atoms with Gasteiger partial charge in [0.2, 0.25) is 5.91 Å². The molecule has 0 radical (unpaired) electrons. The van der Waals surface area contributed by atoms with E-state index in [0.29, 0.717) is 16.8 Å². The van der Waals surface area contributed by atoms with E-state index < -0.39 is 23.5 Å². The number of amides is 2. The van der Waals surface area contributed by atoms with Gasteiger partial charge in [-0.3, -0.25) is 4.79 Å². The molecule has 24 heavy (non-hydrogen) atoms. The molecule has 1 aliphatic rings. The molecule has 0 saturated carbocycles. The normalized spacial score (nSPS) is 16.9. The molecule has 0 N–H and O–H groups in total. The van der Waals surface area contributed by atoms with Crippen LogP contribution in [0.4, 0.5) is 14.9 Å². The molecule has 5 heteroatoms. The fourth-order valence-electron chi connectivity index (χ4n) is 2.79. The zero-order valence-corrected chi connectivity index (χ0v) is 13.7. The average Bonchev–Trinajstić information content (AvgIpc) is 2.78. The summed E-state index contributed by atoms with van der Waals surface area (Å²) >= 11 is 0. The molecule has 1 atom stereocenters. The number of hydrogen-bond acceptors (Lipinski definition) is 3. The number of halogens is 1. The van der Waals surface area contributed by atoms with Gasteiger partial charge >= 0.3 is 6.09 Å². The van der Waals surface area contributed by atoms with Crippen LogP contribution in [0.3, 0.4) is 0 Å². The fourth-order valence-corrected chi connectivity index (χ4v) is 2.79. The first-order chi connectivity index (χ1) is 11.3. The van der Waals surface area contributed by atoms with Crippen LogP contribution in [0.2, 0.25) is 0 Å². The molecular formula is C19H18FNO3. The van der Waals surface area contributed by atoms with Gasteiger partial charge in [0, 0.05) is 0 Å². The Morgan fingerprint density at radius 3 is 2.33 bits per heavy atom. The summed E-state index contributed by atoms with van der Waals surface area (Å²) in [7, 11) is 0. The van der Waals surface area contributed by atoms with Gasteiger partial charge in [-0.05, 0) is 50.1 Å². The Labute approximate surface area is 139 Å². The van der Waals surface area contributed by atoms with Crippen molar-refractivity contribution < 1.29 is 18.7 Å². The smallest absolute Gasteiger partial charge is 0.421 e. The molecule has 2 amide bonds. The molecule has 2 aromatic rings. The standard InChI is InChI=1S/C19H18FNO3/c1-19(2,3)24-18(23)21-15-7-5-4-6-14(15)16(17(21)22)12-8-10-13(20)11-9-12/h4-11,16H,1-3H3/t16-/m0/s1. The lowest BCUT2D eigenvalue weighted by molar-refractivity contribution is -0.118. The number of nitrogens with zero attached hydrogens (tertiary/aromatic N) is 1. The Hall–Kier alpha value is -2.69. The van der Waals surface area contributed by atoms with Crippen LogP contribution in [0.25, 0.3) is 0 Å². The summed E-state index contributed by atoms with van der Waals surface area (Å²) in [6.07, 6.45) is -0.704. The maximum absolute atomic E-state index is 13.2. The van der Waals surface area contributed by atoms with Gasteiger partial charge in [0.15, 0.2) is 0 Å². The zero-order valence-electron chi connectivity index (χ0n) is 13.7. The molecule has 3 rings (SSSR count). The number of rotatable bonds is 1. The SMILES string of the molecule is CC(C)(C)OC(=O)N1C(=O)[C@@H](c2ccc(F)cc2)c2ccccc21. The van der Waals surface area contributed by atoms with Crippen LogP contribution in [-0.2, 0) is 9.53 Å². The van der Waals surface area contributed by atoms with Crippen LogP contribution in [0.15, 0.2) is 48.5 Å². The zero-order chi connectivity index (χ0) is 17.5. The summed E-state index contributed by atoms with van der Waals surface area (Å²) in [4.78, 5) is 26.5. The van der Waals surface area contributed by atoms with Crippen LogP contribution in [0.5, 0.6) is 0 Å². The number of carbonyl (C=O) groups excluding carboxylic acids is 2. The summed E-state index contributed by atoms with van der Waals surface area (Å²) in [6, 6.07) is 12.8. The molecule has 0 spiro atoms. The van der Waals surface area contributed by atoms with Gasteiger partial charge in [-0.25, -0.2) is 14.1 Å². The number of hydrogen-bond donors (Lipinski definition) is 0. The Morgan fingerprint density at radius 1 is 1.08 bits per heavy atom. The van der Waals surface area contributed by atoms with Crippen LogP contribution in [0, 0.1) is 5.82 Å². The lowest BCUT2D eigenvalue weighted by Gasteiger charge is -2.24. The van der Waals surface area contributed by atoms with E-state index in [0.717, 1.165) is 4.90 Å². The van der Waals surface area contributed by atoms with Crippen molar-refractivity contribution in [1.29, 1.82) is 0 Å². The molecule has 1 heterocycles. The molecule has 4 nitrogen and oxygen atoms in total. The van der Waals surface area contributed by atoms with Crippen LogP contribution in [0.1, 0.15) is 37.8 Å². The second-order valence-electron chi connectivity index (χ2n) is 6.70. The van der Waals surface area contributed by atoms with Crippen molar-refractivity contribution >= 4 is 17.7 Å². The summed E-state index contributed by atoms with van der Waals surface area (Å²) in [5.41, 5.74) is 1.14. The molecule has 0 aliphatic carbocycles. The van der Waals surface area contributed by atoms with Crippen LogP contribution >= 0.6 is 0 Å². The summed E-state index contributed by atoms with van der Waals surface area (Å²) < 4.78 is 18.5. The molecule has 124 valence electrons. The van der Waals surface area contributed by atoms with Crippen LogP contribution < -0.4 is 4.90 Å². The first-order valence-corrected chi connectivity index (χ1v) is 7.69. The van der Waals surface area contributed by atoms with Gasteiger partial charge in [0.05, 0.1) is 11.6 Å². The van der Waals surface area contributed by atoms with E-state index >= 15 is 0 Å². The van der Waals surface area contributed by atoms with Gasteiger partial charge in [0.1, 0.15) is 11.4 Å². The highest BCUT2D eigenvalue weighted by Gasteiger charge is 2.43. The Bertz CT molecular complexity index is 793. The summed E-state index contributed by atoms with van der Waals surface area (Å²) in [5, 5.41) is 0. The van der Waals surface area contributed by atoms with Crippen molar-refractivity contribution in [3.63, 3.8) is 0 Å². The average molecular weight is 327 g/mol. The molecule has 0 aromatic heterocycles. The second kappa shape index (κ2) is 5.74. The molecular weight excluding hydrogens is 309 g/mol. The van der Waals surface area contributed by atoms with Crippen LogP contribution in [-0.4, -0.2) is 17.6 Å². The van der Waals surface area contributed by atoms with Gasteiger partial charge in [-0.15, -0.1) is 0 Å². The van der Waals surface area contributed by atoms with Crippen molar-refractivity contribution in [1.82, 2.24) is 0 Å². The number of para-hydroxylation sites is 1. The number of fused-ring (bicyclic) bond motifs is 1. The summed E-state index contributed by atoms with van der Waals surface area (Å²) in [5.74, 6) is -1.41. The van der Waals surface area contributed by atoms with E-state index in [1.807, 2.05) is 0 Å². The Balaban J connectivity index is 2.04. The quantitative estimate of drug-likeness (QED) is 0.787. The van der Waals surface area contributed by atoms with Gasteiger partial charge in [-0.2, -0.15) is 0 Å². The van der Waals surface area contributed by atoms with Crippen molar-refractivity contribution in [3.8, 4) is 0 Å². The van der Waals surface area contributed by atoms with E-state index in [-0.39, 0.29) is 5.82 Å². The highest BCUT2D eigenvalue weighted by atomic mass is 19.1. The van der Waals surface area contributed by atoms with E-state index in [2.05, 4.69) is 0 Å². The minimum absolute atomic E-state index is 0.374. The number of ether oxygens (including phenoxy) is 1. The maximum Gasteiger partial charge on any atom is 0.421 e. The van der Waals surface area contributed by atoms with Gasteiger partial charge in [-0.1, -0.05) is 30.3 Å². The Morgan fingerprint density at radius 2 is 1.71 bits per heavy atom. The third-order valence-corrected chi connectivity index (χ3v) is 3.74. The minimum Gasteiger partial charge on any atom is -0.443 e. The largest absolute Gasteiger partial charge is 0.443 e. The molecule has 1 aliphatic heterocycles. The van der Waals surface area contributed by atoms with Crippen molar-refractivity contribution in [2.24, 2.45) is 0 Å². The lowest BCUT2D eigenvalue weighted by Crippen LogP contribution is -2.39. The molecule has 0 saturated heterocycles. The highest BCUT2D eigenvalue weighted by molar-refractivity contribution is 6.20. The number of carbonyl (C=O) groups is 2. The lowest BCUT2D eigenvalue weighted by atomic mass is 9.93. The van der Waals surface area contributed by atoms with E-state index in [1.54, 1.807) is 57.2 Å². The van der Waals surface area contributed by atoms with Gasteiger partial charge < -0.3 is 4.74 Å². The summed E-state index contributed by atoms with van der Waals surface area (Å²) in [6.45, 7) is 5.23. The predicted octanol–water partition coefficient (Wildman–Crippen LogP) is 4.24. The molecule has 0 fully saturated rings. The third-order valence-electron chi connectivity index (χ3n) is 3.74.